The molecule has 1 spiro atoms. The maximum absolute atomic E-state index is 13.3. The predicted octanol–water partition coefficient (Wildman–Crippen LogP) is 3.55. The lowest BCUT2D eigenvalue weighted by Crippen LogP contribution is -2.41. The number of hydrogen-bond donors (Lipinski definition) is 0. The van der Waals surface area contributed by atoms with E-state index in [1.165, 1.54) is 12.1 Å². The molecule has 1 aromatic rings. The second-order valence-corrected chi connectivity index (χ2v) is 10.1. The maximum Gasteiger partial charge on any atom is 0.335 e. The minimum absolute atomic E-state index is 0.00782. The maximum atomic E-state index is 13.3. The summed E-state index contributed by atoms with van der Waals surface area (Å²) in [5, 5.41) is -0.518. The van der Waals surface area contributed by atoms with Gasteiger partial charge in [-0.25, -0.2) is 17.6 Å². The highest BCUT2D eigenvalue weighted by Gasteiger charge is 2.48. The predicted molar refractivity (Wildman–Crippen MR) is 109 cm³/mol. The summed E-state index contributed by atoms with van der Waals surface area (Å²) in [5.41, 5.74) is 0.260. The second-order valence-electron chi connectivity index (χ2n) is 6.91. The fourth-order valence-electron chi connectivity index (χ4n) is 3.49. The molecule has 3 atom stereocenters. The molecule has 10 heteroatoms. The van der Waals surface area contributed by atoms with Crippen LogP contribution in [0.25, 0.3) is 0 Å². The van der Waals surface area contributed by atoms with Crippen molar-refractivity contribution in [3.05, 3.63) is 46.3 Å². The molecule has 1 aromatic carbocycles. The Labute approximate surface area is 182 Å². The Hall–Kier alpha value is -1.00. The zero-order chi connectivity index (χ0) is 21.2. The lowest BCUT2D eigenvalue weighted by Gasteiger charge is -2.33. The zero-order valence-corrected chi connectivity index (χ0v) is 18.9. The Morgan fingerprint density at radius 1 is 1.45 bits per heavy atom. The zero-order valence-electron chi connectivity index (χ0n) is 15.7. The molecule has 1 saturated heterocycles. The SMILES string of the molecule is CCOC(=O)C1=CC2(CCC1S(=O)(=O)Cc1ccc(F)cc1Cl)OCC(CBr)O2. The summed E-state index contributed by atoms with van der Waals surface area (Å²) in [6, 6.07) is 3.54. The highest BCUT2D eigenvalue weighted by Crippen LogP contribution is 2.40. The van der Waals surface area contributed by atoms with E-state index in [4.69, 9.17) is 25.8 Å². The van der Waals surface area contributed by atoms with Crippen molar-refractivity contribution in [1.29, 1.82) is 0 Å². The quantitative estimate of drug-likeness (QED) is 0.429. The summed E-state index contributed by atoms with van der Waals surface area (Å²) >= 11 is 9.33. The van der Waals surface area contributed by atoms with Gasteiger partial charge >= 0.3 is 5.97 Å². The van der Waals surface area contributed by atoms with Crippen molar-refractivity contribution >= 4 is 43.3 Å². The first-order valence-corrected chi connectivity index (χ1v) is 12.3. The van der Waals surface area contributed by atoms with Gasteiger partial charge in [0.1, 0.15) is 5.82 Å². The van der Waals surface area contributed by atoms with Crippen LogP contribution in [0.2, 0.25) is 5.02 Å². The number of alkyl halides is 1. The summed E-state index contributed by atoms with van der Waals surface area (Å²) in [4.78, 5) is 12.6. The highest BCUT2D eigenvalue weighted by molar-refractivity contribution is 9.09. The van der Waals surface area contributed by atoms with Crippen LogP contribution in [0.5, 0.6) is 0 Å². The molecule has 3 unspecified atom stereocenters. The van der Waals surface area contributed by atoms with Gasteiger partial charge in [0.15, 0.2) is 15.6 Å². The van der Waals surface area contributed by atoms with Gasteiger partial charge in [0.25, 0.3) is 0 Å². The van der Waals surface area contributed by atoms with Gasteiger partial charge < -0.3 is 14.2 Å². The summed E-state index contributed by atoms with van der Waals surface area (Å²) in [6.07, 6.45) is 1.65. The van der Waals surface area contributed by atoms with Crippen LogP contribution >= 0.6 is 27.5 Å². The number of benzene rings is 1. The number of rotatable bonds is 6. The van der Waals surface area contributed by atoms with E-state index in [9.17, 15) is 17.6 Å². The number of ether oxygens (including phenoxy) is 3. The van der Waals surface area contributed by atoms with Crippen LogP contribution < -0.4 is 0 Å². The van der Waals surface area contributed by atoms with Crippen LogP contribution in [0.15, 0.2) is 29.8 Å². The van der Waals surface area contributed by atoms with E-state index in [1.54, 1.807) is 6.92 Å². The Balaban J connectivity index is 1.93. The average molecular weight is 512 g/mol. The molecule has 1 heterocycles. The summed E-state index contributed by atoms with van der Waals surface area (Å²) in [6.45, 7) is 2.08. The van der Waals surface area contributed by atoms with E-state index < -0.39 is 38.4 Å². The number of halogens is 3. The lowest BCUT2D eigenvalue weighted by molar-refractivity contribution is -0.145. The number of hydrogen-bond acceptors (Lipinski definition) is 6. The Morgan fingerprint density at radius 3 is 2.83 bits per heavy atom. The molecule has 29 heavy (non-hydrogen) atoms. The standard InChI is InChI=1S/C19H21BrClFO6S/c1-2-26-18(23)15-8-19(27-10-14(9-20)28-19)6-5-17(15)29(24,25)11-12-3-4-13(22)7-16(12)21/h3-4,7-8,14,17H,2,5-6,9-11H2,1H3. The topological polar surface area (TPSA) is 78.9 Å². The monoisotopic (exact) mass is 510 g/mol. The van der Waals surface area contributed by atoms with E-state index in [1.807, 2.05) is 0 Å². The molecule has 0 N–H and O–H groups in total. The number of sulfone groups is 1. The van der Waals surface area contributed by atoms with Crippen molar-refractivity contribution in [2.24, 2.45) is 0 Å². The fourth-order valence-corrected chi connectivity index (χ4v) is 6.04. The molecule has 1 fully saturated rings. The Morgan fingerprint density at radius 2 is 2.21 bits per heavy atom. The van der Waals surface area contributed by atoms with Gasteiger partial charge in [-0.05, 0) is 37.1 Å². The van der Waals surface area contributed by atoms with Crippen LogP contribution in [0.3, 0.4) is 0 Å². The molecule has 160 valence electrons. The normalized spacial score (nSPS) is 27.1. The summed E-state index contributed by atoms with van der Waals surface area (Å²) < 4.78 is 56.3. The highest BCUT2D eigenvalue weighted by atomic mass is 79.9. The number of carbonyl (C=O) groups is 1. The van der Waals surface area contributed by atoms with Gasteiger partial charge in [-0.3, -0.25) is 0 Å². The molecular formula is C19H21BrClFO6S. The molecular weight excluding hydrogens is 491 g/mol. The molecule has 0 aromatic heterocycles. The van der Waals surface area contributed by atoms with Crippen molar-refractivity contribution in [3.63, 3.8) is 0 Å². The molecule has 0 saturated carbocycles. The third-order valence-electron chi connectivity index (χ3n) is 4.85. The van der Waals surface area contributed by atoms with Crippen LogP contribution in [-0.2, 0) is 34.6 Å². The number of esters is 1. The van der Waals surface area contributed by atoms with Crippen LogP contribution in [0.4, 0.5) is 4.39 Å². The molecule has 1 aliphatic carbocycles. The van der Waals surface area contributed by atoms with Gasteiger partial charge in [-0.15, -0.1) is 0 Å². The van der Waals surface area contributed by atoms with Crippen LogP contribution in [0.1, 0.15) is 25.3 Å². The molecule has 6 nitrogen and oxygen atoms in total. The van der Waals surface area contributed by atoms with Gasteiger partial charge in [-0.1, -0.05) is 33.6 Å². The average Bonchev–Trinajstić information content (AvgIpc) is 3.06. The first-order valence-electron chi connectivity index (χ1n) is 9.13. The third kappa shape index (κ3) is 5.02. The number of carbonyl (C=O) groups excluding carboxylic acids is 1. The largest absolute Gasteiger partial charge is 0.463 e. The van der Waals surface area contributed by atoms with Gasteiger partial charge in [0.2, 0.25) is 0 Å². The molecule has 1 aliphatic heterocycles. The minimum atomic E-state index is -3.85. The smallest absolute Gasteiger partial charge is 0.335 e. The van der Waals surface area contributed by atoms with Crippen molar-refractivity contribution in [2.45, 2.75) is 42.7 Å². The molecule has 0 radical (unpaired) electrons. The van der Waals surface area contributed by atoms with Gasteiger partial charge in [-0.2, -0.15) is 0 Å². The first-order chi connectivity index (χ1) is 13.7. The lowest BCUT2D eigenvalue weighted by atomic mass is 9.94. The van der Waals surface area contributed by atoms with Crippen molar-refractivity contribution in [2.75, 3.05) is 18.5 Å². The van der Waals surface area contributed by atoms with E-state index >= 15 is 0 Å². The summed E-state index contributed by atoms with van der Waals surface area (Å²) in [7, 11) is -3.85. The van der Waals surface area contributed by atoms with Gasteiger partial charge in [0.05, 0.1) is 35.9 Å². The fraction of sp³-hybridized carbons (Fsp3) is 0.526. The molecule has 0 amide bonds. The Kier molecular flexibility index (Phi) is 7.05. The van der Waals surface area contributed by atoms with Crippen LogP contribution in [0, 0.1) is 5.82 Å². The van der Waals surface area contributed by atoms with Gasteiger partial charge in [0, 0.05) is 16.8 Å². The third-order valence-corrected chi connectivity index (χ3v) is 7.99. The molecule has 2 aliphatic rings. The first kappa shape index (κ1) is 22.7. The van der Waals surface area contributed by atoms with Crippen molar-refractivity contribution in [3.8, 4) is 0 Å². The second kappa shape index (κ2) is 9.01. The van der Waals surface area contributed by atoms with E-state index in [-0.39, 0.29) is 41.7 Å². The van der Waals surface area contributed by atoms with Crippen LogP contribution in [-0.4, -0.2) is 50.1 Å². The Bertz CT molecular complexity index is 921. The minimum Gasteiger partial charge on any atom is -0.463 e. The van der Waals surface area contributed by atoms with E-state index in [2.05, 4.69) is 15.9 Å². The van der Waals surface area contributed by atoms with Crippen molar-refractivity contribution in [1.82, 2.24) is 0 Å². The van der Waals surface area contributed by atoms with E-state index in [0.29, 0.717) is 11.9 Å². The molecule has 3 rings (SSSR count). The van der Waals surface area contributed by atoms with E-state index in [0.717, 1.165) is 12.1 Å². The summed E-state index contributed by atoms with van der Waals surface area (Å²) in [5.74, 6) is -2.84. The molecule has 0 bridgehead atoms. The van der Waals surface area contributed by atoms with Crippen molar-refractivity contribution < 1.29 is 31.8 Å².